The number of halogens is 1. The highest BCUT2D eigenvalue weighted by molar-refractivity contribution is 7.82. The molecule has 1 aliphatic carbocycles. The van der Waals surface area contributed by atoms with Gasteiger partial charge >= 0.3 is 0 Å². The molecule has 3 unspecified atom stereocenters. The van der Waals surface area contributed by atoms with Crippen molar-refractivity contribution in [1.29, 1.82) is 0 Å². The zero-order valence-corrected chi connectivity index (χ0v) is 18.4. The van der Waals surface area contributed by atoms with Gasteiger partial charge in [0.1, 0.15) is 5.82 Å². The fraction of sp³-hybridized carbons (Fsp3) is 0.500. The Balaban J connectivity index is 1.68. The lowest BCUT2D eigenvalue weighted by molar-refractivity contribution is 0.466. The Morgan fingerprint density at radius 2 is 1.90 bits per heavy atom. The van der Waals surface area contributed by atoms with Crippen LogP contribution in [0.2, 0.25) is 0 Å². The van der Waals surface area contributed by atoms with Crippen LogP contribution in [0.15, 0.2) is 42.5 Å². The molecule has 0 radical (unpaired) electrons. The summed E-state index contributed by atoms with van der Waals surface area (Å²) in [5.41, 5.74) is 11.7. The molecule has 0 bridgehead atoms. The molecule has 1 aliphatic rings. The standard InChI is InChI=1S/C24H33FN2OS/c1-3-15-29(28)27(2)14-4-5-18-6-9-20-10-13-24(26)23(22(20)16-18)17-19-7-11-21(25)12-8-19/h6-9,11-12,16,23-24H,3-5,10,13-15,17,26H2,1-2H3. The summed E-state index contributed by atoms with van der Waals surface area (Å²) in [5, 5.41) is 0. The summed E-state index contributed by atoms with van der Waals surface area (Å²) in [6, 6.07) is 13.7. The minimum atomic E-state index is -0.869. The van der Waals surface area contributed by atoms with E-state index in [2.05, 4.69) is 25.1 Å². The van der Waals surface area contributed by atoms with Gasteiger partial charge in [-0.05, 0) is 80.0 Å². The minimum Gasteiger partial charge on any atom is -0.327 e. The Labute approximate surface area is 177 Å². The van der Waals surface area contributed by atoms with E-state index in [1.54, 1.807) is 0 Å². The Bertz CT molecular complexity index is 824. The van der Waals surface area contributed by atoms with Gasteiger partial charge < -0.3 is 5.73 Å². The fourth-order valence-corrected chi connectivity index (χ4v) is 5.19. The third kappa shape index (κ3) is 5.97. The van der Waals surface area contributed by atoms with Crippen LogP contribution in [0.1, 0.15) is 54.4 Å². The number of rotatable bonds is 9. The van der Waals surface area contributed by atoms with Gasteiger partial charge in [0, 0.05) is 24.3 Å². The van der Waals surface area contributed by atoms with Crippen LogP contribution >= 0.6 is 0 Å². The van der Waals surface area contributed by atoms with Gasteiger partial charge in [0.25, 0.3) is 0 Å². The van der Waals surface area contributed by atoms with Crippen molar-refractivity contribution in [3.63, 3.8) is 0 Å². The van der Waals surface area contributed by atoms with E-state index in [0.717, 1.165) is 56.4 Å². The first-order chi connectivity index (χ1) is 14.0. The third-order valence-electron chi connectivity index (χ3n) is 5.91. The number of nitrogens with zero attached hydrogens (tertiary/aromatic N) is 1. The van der Waals surface area contributed by atoms with Gasteiger partial charge in [-0.1, -0.05) is 37.3 Å². The van der Waals surface area contributed by atoms with Crippen molar-refractivity contribution < 1.29 is 8.60 Å². The number of benzene rings is 2. The SMILES string of the molecule is CCCS(=O)N(C)CCCc1ccc2c(c1)C(Cc1ccc(F)cc1)C(N)CC2. The summed E-state index contributed by atoms with van der Waals surface area (Å²) in [4.78, 5) is 0. The zero-order valence-electron chi connectivity index (χ0n) is 17.6. The molecule has 0 spiro atoms. The third-order valence-corrected chi connectivity index (χ3v) is 7.54. The van der Waals surface area contributed by atoms with Crippen LogP contribution in [0.5, 0.6) is 0 Å². The summed E-state index contributed by atoms with van der Waals surface area (Å²) in [7, 11) is 1.07. The van der Waals surface area contributed by atoms with Crippen molar-refractivity contribution in [3.8, 4) is 0 Å². The van der Waals surface area contributed by atoms with Gasteiger partial charge in [-0.15, -0.1) is 0 Å². The second kappa shape index (κ2) is 10.5. The highest BCUT2D eigenvalue weighted by atomic mass is 32.2. The van der Waals surface area contributed by atoms with Crippen molar-refractivity contribution in [1.82, 2.24) is 4.31 Å². The van der Waals surface area contributed by atoms with Crippen LogP contribution in [-0.4, -0.2) is 33.9 Å². The quantitative estimate of drug-likeness (QED) is 0.660. The molecule has 0 amide bonds. The maximum absolute atomic E-state index is 13.3. The molecule has 29 heavy (non-hydrogen) atoms. The summed E-state index contributed by atoms with van der Waals surface area (Å²) < 4.78 is 27.3. The number of aryl methyl sites for hydroxylation is 2. The highest BCUT2D eigenvalue weighted by Crippen LogP contribution is 2.34. The largest absolute Gasteiger partial charge is 0.327 e. The van der Waals surface area contributed by atoms with Gasteiger partial charge in [-0.3, -0.25) is 0 Å². The topological polar surface area (TPSA) is 46.3 Å². The Morgan fingerprint density at radius 3 is 2.62 bits per heavy atom. The molecule has 0 aromatic heterocycles. The van der Waals surface area contributed by atoms with Crippen molar-refractivity contribution in [2.75, 3.05) is 19.3 Å². The van der Waals surface area contributed by atoms with E-state index in [-0.39, 0.29) is 17.8 Å². The Kier molecular flexibility index (Phi) is 7.99. The molecule has 3 atom stereocenters. The molecule has 0 saturated heterocycles. The number of fused-ring (bicyclic) bond motifs is 1. The van der Waals surface area contributed by atoms with Crippen molar-refractivity contribution in [2.45, 2.75) is 57.4 Å². The van der Waals surface area contributed by atoms with E-state index >= 15 is 0 Å². The molecular weight excluding hydrogens is 383 g/mol. The highest BCUT2D eigenvalue weighted by Gasteiger charge is 2.27. The number of nitrogens with two attached hydrogens (primary N) is 1. The molecule has 0 saturated carbocycles. The lowest BCUT2D eigenvalue weighted by atomic mass is 9.76. The van der Waals surface area contributed by atoms with Gasteiger partial charge in [0.05, 0.1) is 11.0 Å². The molecule has 0 heterocycles. The zero-order chi connectivity index (χ0) is 20.8. The molecule has 0 fully saturated rings. The van der Waals surface area contributed by atoms with E-state index in [0.29, 0.717) is 0 Å². The van der Waals surface area contributed by atoms with Gasteiger partial charge in [-0.2, -0.15) is 0 Å². The Hall–Kier alpha value is -1.56. The van der Waals surface area contributed by atoms with Gasteiger partial charge in [0.2, 0.25) is 0 Å². The first kappa shape index (κ1) is 22.1. The second-order valence-corrected chi connectivity index (χ2v) is 9.83. The van der Waals surface area contributed by atoms with E-state index in [1.807, 2.05) is 23.5 Å². The molecule has 3 nitrogen and oxygen atoms in total. The minimum absolute atomic E-state index is 0.130. The molecular formula is C24H33FN2OS. The average molecular weight is 417 g/mol. The summed E-state index contributed by atoms with van der Waals surface area (Å²) >= 11 is 0. The smallest absolute Gasteiger partial charge is 0.123 e. The summed E-state index contributed by atoms with van der Waals surface area (Å²) in [6.07, 6.45) is 5.76. The number of hydrogen-bond acceptors (Lipinski definition) is 2. The molecule has 2 N–H and O–H groups in total. The van der Waals surface area contributed by atoms with Gasteiger partial charge in [0.15, 0.2) is 0 Å². The lowest BCUT2D eigenvalue weighted by Crippen LogP contribution is -2.34. The lowest BCUT2D eigenvalue weighted by Gasteiger charge is -2.32. The van der Waals surface area contributed by atoms with E-state index in [1.165, 1.54) is 28.8 Å². The predicted molar refractivity (Wildman–Crippen MR) is 120 cm³/mol. The predicted octanol–water partition coefficient (Wildman–Crippen LogP) is 4.36. The normalized spacial score (nSPS) is 19.9. The van der Waals surface area contributed by atoms with Crippen molar-refractivity contribution in [3.05, 3.63) is 70.5 Å². The molecule has 5 heteroatoms. The van der Waals surface area contributed by atoms with E-state index < -0.39 is 11.0 Å². The van der Waals surface area contributed by atoms with E-state index in [9.17, 15) is 8.60 Å². The van der Waals surface area contributed by atoms with Crippen molar-refractivity contribution in [2.24, 2.45) is 5.73 Å². The van der Waals surface area contributed by atoms with E-state index in [4.69, 9.17) is 5.73 Å². The van der Waals surface area contributed by atoms with Crippen LogP contribution in [-0.2, 0) is 30.2 Å². The molecule has 3 rings (SSSR count). The van der Waals surface area contributed by atoms with Gasteiger partial charge in [-0.25, -0.2) is 12.9 Å². The summed E-state index contributed by atoms with van der Waals surface area (Å²) in [5.74, 6) is 0.802. The monoisotopic (exact) mass is 416 g/mol. The maximum Gasteiger partial charge on any atom is 0.123 e. The molecule has 158 valence electrons. The van der Waals surface area contributed by atoms with Crippen molar-refractivity contribution >= 4 is 11.0 Å². The molecule has 2 aromatic rings. The second-order valence-electron chi connectivity index (χ2n) is 8.15. The molecule has 2 aromatic carbocycles. The van der Waals surface area contributed by atoms with Crippen LogP contribution in [0, 0.1) is 5.82 Å². The molecule has 0 aliphatic heterocycles. The summed E-state index contributed by atoms with van der Waals surface area (Å²) in [6.45, 7) is 2.90. The van der Waals surface area contributed by atoms with Crippen LogP contribution in [0.4, 0.5) is 4.39 Å². The number of hydrogen-bond donors (Lipinski definition) is 1. The first-order valence-electron chi connectivity index (χ1n) is 10.7. The first-order valence-corrected chi connectivity index (χ1v) is 12.0. The van der Waals surface area contributed by atoms with Crippen LogP contribution in [0.3, 0.4) is 0 Å². The Morgan fingerprint density at radius 1 is 1.17 bits per heavy atom. The maximum atomic E-state index is 13.3. The van der Waals surface area contributed by atoms with Crippen LogP contribution < -0.4 is 5.73 Å². The average Bonchev–Trinajstić information content (AvgIpc) is 2.71. The van der Waals surface area contributed by atoms with Crippen LogP contribution in [0.25, 0.3) is 0 Å². The fourth-order valence-electron chi connectivity index (χ4n) is 4.20.